The first-order chi connectivity index (χ1) is 11.1. The van der Waals surface area contributed by atoms with Crippen molar-refractivity contribution in [2.45, 2.75) is 131 Å². The first-order valence-electron chi connectivity index (χ1n) is 10.1. The van der Waals surface area contributed by atoms with Crippen molar-refractivity contribution in [2.24, 2.45) is 22.9 Å². The topological polar surface area (TPSA) is 139 Å². The van der Waals surface area contributed by atoms with E-state index in [0.717, 1.165) is 25.7 Å². The predicted molar refractivity (Wildman–Crippen MR) is 119 cm³/mol. The molecule has 0 aromatic rings. The minimum absolute atomic E-state index is 0. The lowest BCUT2D eigenvalue weighted by Gasteiger charge is -1.96. The van der Waals surface area contributed by atoms with E-state index in [2.05, 4.69) is 27.7 Å². The Bertz CT molecular complexity index is 143. The number of hydrogen-bond donors (Lipinski definition) is 5. The summed E-state index contributed by atoms with van der Waals surface area (Å²) in [5.41, 5.74) is 21.6. The summed E-state index contributed by atoms with van der Waals surface area (Å²) in [5, 5.41) is 0. The van der Waals surface area contributed by atoms with E-state index in [1.165, 1.54) is 25.7 Å². The average molecular weight is 366 g/mol. The standard InChI is InChI=1S/4C5H13N.H3N/c4*1-3-4-5(2)6;/h4*5H,3-4,6H2,1-2H3;1H3. The second kappa shape index (κ2) is 31.6. The molecule has 0 aliphatic heterocycles. The van der Waals surface area contributed by atoms with Gasteiger partial charge in [-0.05, 0) is 53.4 Å². The van der Waals surface area contributed by atoms with Gasteiger partial charge in [-0.3, -0.25) is 0 Å². The maximum Gasteiger partial charge on any atom is 0.00103 e. The fourth-order valence-corrected chi connectivity index (χ4v) is 1.82. The van der Waals surface area contributed by atoms with Gasteiger partial charge in [0.05, 0.1) is 0 Å². The molecule has 4 unspecified atom stereocenters. The molecule has 0 heterocycles. The quantitative estimate of drug-likeness (QED) is 0.424. The zero-order chi connectivity index (χ0) is 20.0. The van der Waals surface area contributed by atoms with Crippen LogP contribution in [0.25, 0.3) is 0 Å². The third-order valence-corrected chi connectivity index (χ3v) is 2.98. The van der Waals surface area contributed by atoms with Crippen LogP contribution in [0.5, 0.6) is 0 Å². The summed E-state index contributed by atoms with van der Waals surface area (Å²) in [6.07, 6.45) is 9.44. The Balaban J connectivity index is -0.0000000702. The van der Waals surface area contributed by atoms with Crippen LogP contribution in [0.3, 0.4) is 0 Å². The number of hydrogen-bond acceptors (Lipinski definition) is 5. The van der Waals surface area contributed by atoms with Crippen LogP contribution in [-0.4, -0.2) is 24.2 Å². The Hall–Kier alpha value is -0.200. The van der Waals surface area contributed by atoms with Crippen molar-refractivity contribution in [3.05, 3.63) is 0 Å². The third kappa shape index (κ3) is 81.2. The largest absolute Gasteiger partial charge is 0.344 e. The third-order valence-electron chi connectivity index (χ3n) is 2.98. The van der Waals surface area contributed by atoms with Gasteiger partial charge in [-0.15, -0.1) is 0 Å². The van der Waals surface area contributed by atoms with Gasteiger partial charge in [-0.2, -0.15) is 0 Å². The van der Waals surface area contributed by atoms with Gasteiger partial charge < -0.3 is 29.1 Å². The monoisotopic (exact) mass is 365 g/mol. The van der Waals surface area contributed by atoms with E-state index in [1.54, 1.807) is 0 Å². The minimum Gasteiger partial charge on any atom is -0.344 e. The van der Waals surface area contributed by atoms with Gasteiger partial charge in [0.25, 0.3) is 0 Å². The molecule has 25 heavy (non-hydrogen) atoms. The van der Waals surface area contributed by atoms with Crippen molar-refractivity contribution in [1.82, 2.24) is 6.15 Å². The van der Waals surface area contributed by atoms with Gasteiger partial charge in [0.15, 0.2) is 0 Å². The van der Waals surface area contributed by atoms with Crippen LogP contribution in [-0.2, 0) is 0 Å². The van der Waals surface area contributed by atoms with E-state index in [1.807, 2.05) is 27.7 Å². The van der Waals surface area contributed by atoms with Gasteiger partial charge >= 0.3 is 0 Å². The lowest BCUT2D eigenvalue weighted by atomic mass is 10.2. The van der Waals surface area contributed by atoms with Crippen LogP contribution in [0, 0.1) is 0 Å². The molecule has 11 N–H and O–H groups in total. The highest BCUT2D eigenvalue weighted by Crippen LogP contribution is 1.89. The predicted octanol–water partition coefficient (Wildman–Crippen LogP) is 4.70. The van der Waals surface area contributed by atoms with Crippen molar-refractivity contribution in [3.63, 3.8) is 0 Å². The van der Waals surface area contributed by atoms with Gasteiger partial charge in [0, 0.05) is 24.2 Å². The second-order valence-electron chi connectivity index (χ2n) is 7.06. The van der Waals surface area contributed by atoms with E-state index in [0.29, 0.717) is 24.2 Å². The van der Waals surface area contributed by atoms with Crippen molar-refractivity contribution >= 4 is 0 Å². The summed E-state index contributed by atoms with van der Waals surface area (Å²) in [6, 6.07) is 1.59. The van der Waals surface area contributed by atoms with Crippen LogP contribution < -0.4 is 29.1 Å². The molecular formula is C20H55N5. The Kier molecular flexibility index (Phi) is 45.2. The SMILES string of the molecule is CCCC(C)N.CCCC(C)N.CCCC(C)N.CCCC(C)N.N. The molecule has 0 saturated carbocycles. The Labute approximate surface area is 160 Å². The van der Waals surface area contributed by atoms with E-state index < -0.39 is 0 Å². The van der Waals surface area contributed by atoms with Crippen molar-refractivity contribution in [3.8, 4) is 0 Å². The fraction of sp³-hybridized carbons (Fsp3) is 1.00. The van der Waals surface area contributed by atoms with Gasteiger partial charge in [0.2, 0.25) is 0 Å². The highest BCUT2D eigenvalue weighted by molar-refractivity contribution is 4.49. The minimum atomic E-state index is 0. The molecule has 0 spiro atoms. The lowest BCUT2D eigenvalue weighted by Crippen LogP contribution is -2.13. The van der Waals surface area contributed by atoms with E-state index >= 15 is 0 Å². The van der Waals surface area contributed by atoms with Crippen molar-refractivity contribution in [1.29, 1.82) is 0 Å². The first-order valence-corrected chi connectivity index (χ1v) is 10.1. The lowest BCUT2D eigenvalue weighted by molar-refractivity contribution is 0.652. The summed E-state index contributed by atoms with van der Waals surface area (Å²) >= 11 is 0. The Morgan fingerprint density at radius 3 is 0.560 bits per heavy atom. The molecule has 0 aromatic carbocycles. The zero-order valence-electron chi connectivity index (χ0n) is 19.0. The van der Waals surface area contributed by atoms with Crippen LogP contribution in [0.1, 0.15) is 107 Å². The van der Waals surface area contributed by atoms with Crippen molar-refractivity contribution < 1.29 is 0 Å². The molecule has 0 aliphatic carbocycles. The van der Waals surface area contributed by atoms with Crippen molar-refractivity contribution in [2.75, 3.05) is 0 Å². The Morgan fingerprint density at radius 2 is 0.560 bits per heavy atom. The molecule has 5 heteroatoms. The summed E-state index contributed by atoms with van der Waals surface area (Å²) < 4.78 is 0. The molecule has 0 radical (unpaired) electrons. The van der Waals surface area contributed by atoms with Gasteiger partial charge in [-0.25, -0.2) is 0 Å². The van der Waals surface area contributed by atoms with E-state index in [4.69, 9.17) is 22.9 Å². The molecule has 0 fully saturated rings. The maximum atomic E-state index is 5.40. The molecular weight excluding hydrogens is 310 g/mol. The molecule has 4 atom stereocenters. The molecule has 0 saturated heterocycles. The molecule has 0 rings (SSSR count). The molecule has 5 nitrogen and oxygen atoms in total. The highest BCUT2D eigenvalue weighted by atomic mass is 14.6. The first kappa shape index (κ1) is 35.8. The molecule has 0 aliphatic rings. The summed E-state index contributed by atoms with van der Waals surface area (Å²) in [5.74, 6) is 0. The van der Waals surface area contributed by atoms with E-state index in [-0.39, 0.29) is 6.15 Å². The number of rotatable bonds is 8. The molecule has 0 bridgehead atoms. The summed E-state index contributed by atoms with van der Waals surface area (Å²) in [7, 11) is 0. The van der Waals surface area contributed by atoms with Crippen LogP contribution in [0.4, 0.5) is 0 Å². The van der Waals surface area contributed by atoms with Gasteiger partial charge in [-0.1, -0.05) is 53.4 Å². The highest BCUT2D eigenvalue weighted by Gasteiger charge is 1.87. The van der Waals surface area contributed by atoms with E-state index in [9.17, 15) is 0 Å². The Morgan fingerprint density at radius 1 is 0.440 bits per heavy atom. The average Bonchev–Trinajstić information content (AvgIpc) is 2.39. The van der Waals surface area contributed by atoms with Crippen LogP contribution in [0.2, 0.25) is 0 Å². The zero-order valence-corrected chi connectivity index (χ0v) is 19.0. The fourth-order valence-electron chi connectivity index (χ4n) is 1.82. The second-order valence-corrected chi connectivity index (χ2v) is 7.06. The molecule has 160 valence electrons. The normalized spacial score (nSPS) is 13.9. The molecule has 0 aromatic heterocycles. The van der Waals surface area contributed by atoms with Crippen LogP contribution in [0.15, 0.2) is 0 Å². The summed E-state index contributed by atoms with van der Waals surface area (Å²) in [4.78, 5) is 0. The van der Waals surface area contributed by atoms with Gasteiger partial charge in [0.1, 0.15) is 0 Å². The maximum absolute atomic E-state index is 5.40. The summed E-state index contributed by atoms with van der Waals surface area (Å²) in [6.45, 7) is 16.7. The smallest absolute Gasteiger partial charge is 0.00103 e. The number of nitrogens with two attached hydrogens (primary N) is 4. The molecule has 0 amide bonds. The van der Waals surface area contributed by atoms with Crippen LogP contribution >= 0.6 is 0 Å².